The standard InChI is InChI=1S/C23H21ClN2O3S/c1-16-7-2-3-9-18(16)22(27)26-20(15-17-8-6-14-30-17)23(28)25-12-13-29-21-11-5-4-10-19(21)24/h2-11,14-15H,12-13H2,1H3,(H,25,28)(H,26,27)/b20-15-. The summed E-state index contributed by atoms with van der Waals surface area (Å²) in [7, 11) is 0. The number of nitrogens with one attached hydrogen (secondary N) is 2. The predicted octanol–water partition coefficient (Wildman–Crippen LogP) is 4.68. The number of hydrogen-bond donors (Lipinski definition) is 2. The Morgan fingerprint density at radius 1 is 1.07 bits per heavy atom. The maximum absolute atomic E-state index is 12.7. The fourth-order valence-electron chi connectivity index (χ4n) is 2.67. The number of halogens is 1. The molecule has 0 aliphatic heterocycles. The lowest BCUT2D eigenvalue weighted by Crippen LogP contribution is -2.36. The van der Waals surface area contributed by atoms with Crippen LogP contribution in [-0.4, -0.2) is 25.0 Å². The summed E-state index contributed by atoms with van der Waals surface area (Å²) in [5.74, 6) is -0.179. The summed E-state index contributed by atoms with van der Waals surface area (Å²) < 4.78 is 5.59. The molecule has 1 heterocycles. The molecule has 0 spiro atoms. The van der Waals surface area contributed by atoms with Crippen LogP contribution in [0.4, 0.5) is 0 Å². The van der Waals surface area contributed by atoms with Gasteiger partial charge in [0.15, 0.2) is 0 Å². The molecule has 30 heavy (non-hydrogen) atoms. The van der Waals surface area contributed by atoms with Crippen molar-refractivity contribution in [1.29, 1.82) is 0 Å². The molecule has 2 N–H and O–H groups in total. The van der Waals surface area contributed by atoms with Crippen molar-refractivity contribution in [3.63, 3.8) is 0 Å². The van der Waals surface area contributed by atoms with Crippen molar-refractivity contribution in [3.8, 4) is 5.75 Å². The lowest BCUT2D eigenvalue weighted by Gasteiger charge is -2.13. The average Bonchev–Trinajstić information content (AvgIpc) is 3.25. The van der Waals surface area contributed by atoms with E-state index in [0.717, 1.165) is 10.4 Å². The van der Waals surface area contributed by atoms with Gasteiger partial charge in [-0.2, -0.15) is 0 Å². The number of carbonyl (C=O) groups is 2. The SMILES string of the molecule is Cc1ccccc1C(=O)N/C(=C\c1cccs1)C(=O)NCCOc1ccccc1Cl. The Labute approximate surface area is 184 Å². The van der Waals surface area contributed by atoms with Gasteiger partial charge in [-0.15, -0.1) is 11.3 Å². The van der Waals surface area contributed by atoms with Crippen LogP contribution in [0.5, 0.6) is 5.75 Å². The van der Waals surface area contributed by atoms with E-state index >= 15 is 0 Å². The summed E-state index contributed by atoms with van der Waals surface area (Å²) in [5, 5.41) is 7.92. The quantitative estimate of drug-likeness (QED) is 0.395. The fraction of sp³-hybridized carbons (Fsp3) is 0.130. The molecule has 0 saturated heterocycles. The number of aryl methyl sites for hydroxylation is 1. The first kappa shape index (κ1) is 21.6. The molecule has 0 unspecified atom stereocenters. The smallest absolute Gasteiger partial charge is 0.267 e. The highest BCUT2D eigenvalue weighted by Gasteiger charge is 2.16. The largest absolute Gasteiger partial charge is 0.490 e. The zero-order chi connectivity index (χ0) is 21.3. The van der Waals surface area contributed by atoms with Gasteiger partial charge in [-0.1, -0.05) is 48.0 Å². The summed E-state index contributed by atoms with van der Waals surface area (Å²) >= 11 is 7.53. The summed E-state index contributed by atoms with van der Waals surface area (Å²) in [6.45, 7) is 2.35. The number of ether oxygens (including phenoxy) is 1. The Morgan fingerprint density at radius 3 is 2.57 bits per heavy atom. The molecule has 154 valence electrons. The molecular formula is C23H21ClN2O3S. The van der Waals surface area contributed by atoms with Crippen LogP contribution in [0.25, 0.3) is 6.08 Å². The molecule has 5 nitrogen and oxygen atoms in total. The normalized spacial score (nSPS) is 11.1. The van der Waals surface area contributed by atoms with Crippen LogP contribution >= 0.6 is 22.9 Å². The van der Waals surface area contributed by atoms with Crippen LogP contribution in [0, 0.1) is 6.92 Å². The van der Waals surface area contributed by atoms with E-state index in [1.165, 1.54) is 11.3 Å². The molecule has 2 aromatic carbocycles. The predicted molar refractivity (Wildman–Crippen MR) is 121 cm³/mol. The molecule has 0 aliphatic carbocycles. The highest BCUT2D eigenvalue weighted by atomic mass is 35.5. The Hall–Kier alpha value is -3.09. The number of rotatable bonds is 8. The van der Waals surface area contributed by atoms with E-state index in [1.807, 2.05) is 48.7 Å². The van der Waals surface area contributed by atoms with E-state index in [-0.39, 0.29) is 24.8 Å². The van der Waals surface area contributed by atoms with Gasteiger partial charge in [0.1, 0.15) is 18.1 Å². The molecule has 0 fully saturated rings. The van der Waals surface area contributed by atoms with Gasteiger partial charge in [0.25, 0.3) is 11.8 Å². The van der Waals surface area contributed by atoms with Crippen LogP contribution in [0.3, 0.4) is 0 Å². The lowest BCUT2D eigenvalue weighted by atomic mass is 10.1. The van der Waals surface area contributed by atoms with E-state index in [9.17, 15) is 9.59 Å². The van der Waals surface area contributed by atoms with E-state index in [0.29, 0.717) is 16.3 Å². The molecule has 3 rings (SSSR count). The van der Waals surface area contributed by atoms with Crippen molar-refractivity contribution >= 4 is 40.8 Å². The number of para-hydroxylation sites is 1. The molecule has 2 amide bonds. The second-order valence-corrected chi connectivity index (χ2v) is 7.76. The zero-order valence-electron chi connectivity index (χ0n) is 16.4. The third kappa shape index (κ3) is 5.95. The first-order valence-electron chi connectivity index (χ1n) is 9.32. The topological polar surface area (TPSA) is 67.4 Å². The second kappa shape index (κ2) is 10.6. The molecule has 3 aromatic rings. The summed E-state index contributed by atoms with van der Waals surface area (Å²) in [4.78, 5) is 26.3. The van der Waals surface area contributed by atoms with Gasteiger partial charge in [-0.3, -0.25) is 9.59 Å². The van der Waals surface area contributed by atoms with E-state index in [4.69, 9.17) is 16.3 Å². The van der Waals surface area contributed by atoms with Gasteiger partial charge < -0.3 is 15.4 Å². The Morgan fingerprint density at radius 2 is 1.83 bits per heavy atom. The third-order valence-corrected chi connectivity index (χ3v) is 5.33. The highest BCUT2D eigenvalue weighted by Crippen LogP contribution is 2.22. The van der Waals surface area contributed by atoms with Gasteiger partial charge in [0.05, 0.1) is 11.6 Å². The number of carbonyl (C=O) groups excluding carboxylic acids is 2. The molecule has 0 bridgehead atoms. The summed E-state index contributed by atoms with van der Waals surface area (Å²) in [6.07, 6.45) is 1.66. The van der Waals surface area contributed by atoms with Crippen LogP contribution in [0.15, 0.2) is 71.7 Å². The van der Waals surface area contributed by atoms with Crippen LogP contribution < -0.4 is 15.4 Å². The molecule has 0 atom stereocenters. The second-order valence-electron chi connectivity index (χ2n) is 6.38. The maximum Gasteiger partial charge on any atom is 0.267 e. The monoisotopic (exact) mass is 440 g/mol. The number of benzene rings is 2. The van der Waals surface area contributed by atoms with Crippen molar-refractivity contribution in [2.75, 3.05) is 13.2 Å². The first-order valence-corrected chi connectivity index (χ1v) is 10.6. The Bertz CT molecular complexity index is 1050. The van der Waals surface area contributed by atoms with Gasteiger partial charge in [0, 0.05) is 10.4 Å². The van der Waals surface area contributed by atoms with Gasteiger partial charge in [0.2, 0.25) is 0 Å². The fourth-order valence-corrected chi connectivity index (χ4v) is 3.52. The molecule has 0 radical (unpaired) electrons. The van der Waals surface area contributed by atoms with Gasteiger partial charge >= 0.3 is 0 Å². The van der Waals surface area contributed by atoms with Crippen molar-refractivity contribution in [2.24, 2.45) is 0 Å². The third-order valence-electron chi connectivity index (χ3n) is 4.19. The minimum Gasteiger partial charge on any atom is -0.490 e. The van der Waals surface area contributed by atoms with E-state index < -0.39 is 5.91 Å². The van der Waals surface area contributed by atoms with Gasteiger partial charge in [-0.05, 0) is 48.2 Å². The minimum atomic E-state index is -0.395. The van der Waals surface area contributed by atoms with Crippen LogP contribution in [0.2, 0.25) is 5.02 Å². The molecule has 7 heteroatoms. The molecule has 0 aliphatic rings. The Kier molecular flexibility index (Phi) is 7.65. The first-order chi connectivity index (χ1) is 14.5. The summed E-state index contributed by atoms with van der Waals surface area (Å²) in [6, 6.07) is 18.1. The average molecular weight is 441 g/mol. The highest BCUT2D eigenvalue weighted by molar-refractivity contribution is 7.10. The number of thiophene rings is 1. The maximum atomic E-state index is 12.7. The van der Waals surface area contributed by atoms with E-state index in [1.54, 1.807) is 30.3 Å². The number of amides is 2. The van der Waals surface area contributed by atoms with Crippen molar-refractivity contribution in [2.45, 2.75) is 6.92 Å². The molecule has 1 aromatic heterocycles. The van der Waals surface area contributed by atoms with Crippen molar-refractivity contribution < 1.29 is 14.3 Å². The molecule has 0 saturated carbocycles. The van der Waals surface area contributed by atoms with Crippen molar-refractivity contribution in [1.82, 2.24) is 10.6 Å². The Balaban J connectivity index is 1.65. The van der Waals surface area contributed by atoms with Crippen LogP contribution in [0.1, 0.15) is 20.8 Å². The minimum absolute atomic E-state index is 0.170. The van der Waals surface area contributed by atoms with Crippen molar-refractivity contribution in [3.05, 3.63) is 92.8 Å². The molecular weight excluding hydrogens is 420 g/mol. The van der Waals surface area contributed by atoms with Crippen LogP contribution in [-0.2, 0) is 4.79 Å². The number of hydrogen-bond acceptors (Lipinski definition) is 4. The summed E-state index contributed by atoms with van der Waals surface area (Å²) in [5.41, 5.74) is 1.52. The zero-order valence-corrected chi connectivity index (χ0v) is 17.9. The lowest BCUT2D eigenvalue weighted by molar-refractivity contribution is -0.117. The van der Waals surface area contributed by atoms with E-state index in [2.05, 4.69) is 10.6 Å². The van der Waals surface area contributed by atoms with Gasteiger partial charge in [-0.25, -0.2) is 0 Å².